The molecule has 41 heavy (non-hydrogen) atoms. The second-order valence-electron chi connectivity index (χ2n) is 9.50. The largest absolute Gasteiger partial charge is 0.467 e. The molecule has 5 aromatic rings. The van der Waals surface area contributed by atoms with E-state index in [0.717, 1.165) is 16.3 Å². The zero-order valence-electron chi connectivity index (χ0n) is 21.7. The summed E-state index contributed by atoms with van der Waals surface area (Å²) in [6.45, 7) is 0.384. The first kappa shape index (κ1) is 26.7. The second-order valence-corrected chi connectivity index (χ2v) is 12.2. The molecule has 6 rings (SSSR count). The number of hydrogen-bond donors (Lipinski definition) is 2. The molecule has 1 saturated heterocycles. The van der Waals surface area contributed by atoms with Crippen molar-refractivity contribution in [3.63, 3.8) is 0 Å². The number of carbonyl (C=O) groups excluding carboxylic acids is 2. The summed E-state index contributed by atoms with van der Waals surface area (Å²) in [5, 5.41) is 4.38. The zero-order valence-corrected chi connectivity index (χ0v) is 23.3. The Labute approximate surface area is 241 Å². The molecule has 0 aliphatic carbocycles. The summed E-state index contributed by atoms with van der Waals surface area (Å²) in [6.07, 6.45) is 1.58. The molecule has 206 valence electrons. The van der Waals surface area contributed by atoms with Crippen LogP contribution in [0.25, 0.3) is 10.8 Å². The molecule has 4 aromatic carbocycles. The number of sulfonamides is 1. The highest BCUT2D eigenvalue weighted by molar-refractivity contribution is 8.00. The molecule has 1 aromatic heterocycles. The number of furan rings is 1. The summed E-state index contributed by atoms with van der Waals surface area (Å²) in [5.41, 5.74) is 2.31. The Bertz CT molecular complexity index is 1820. The SMILES string of the molecule is O=C(Nc1ccc(S(=O)(=O)Nc2cccc3ccccc23)cc1)c1ccc([C@@H]2SCC(=O)N2Cc2ccco2)cc1. The Kier molecular flexibility index (Phi) is 7.25. The normalized spacial score (nSPS) is 15.3. The van der Waals surface area contributed by atoms with Gasteiger partial charge in [0.15, 0.2) is 0 Å². The van der Waals surface area contributed by atoms with Crippen molar-refractivity contribution in [3.05, 3.63) is 126 Å². The summed E-state index contributed by atoms with van der Waals surface area (Å²) in [7, 11) is -3.84. The molecule has 1 fully saturated rings. The van der Waals surface area contributed by atoms with Crippen LogP contribution in [0.15, 0.2) is 119 Å². The lowest BCUT2D eigenvalue weighted by molar-refractivity contribution is -0.128. The maximum Gasteiger partial charge on any atom is 0.261 e. The van der Waals surface area contributed by atoms with Crippen LogP contribution in [0.2, 0.25) is 0 Å². The van der Waals surface area contributed by atoms with Gasteiger partial charge < -0.3 is 14.6 Å². The number of benzene rings is 4. The molecule has 1 aliphatic heterocycles. The van der Waals surface area contributed by atoms with Gasteiger partial charge in [-0.1, -0.05) is 48.5 Å². The molecule has 0 unspecified atom stereocenters. The topological polar surface area (TPSA) is 109 Å². The molecule has 2 heterocycles. The van der Waals surface area contributed by atoms with Crippen LogP contribution in [0.3, 0.4) is 0 Å². The fourth-order valence-electron chi connectivity index (χ4n) is 4.71. The molecule has 8 nitrogen and oxygen atoms in total. The predicted octanol–water partition coefficient (Wildman–Crippen LogP) is 6.26. The number of amides is 2. The Morgan fingerprint density at radius 3 is 2.41 bits per heavy atom. The van der Waals surface area contributed by atoms with E-state index in [1.165, 1.54) is 23.9 Å². The fourth-order valence-corrected chi connectivity index (χ4v) is 6.98. The van der Waals surface area contributed by atoms with Gasteiger partial charge in [-0.15, -0.1) is 11.8 Å². The summed E-state index contributed by atoms with van der Waals surface area (Å²) >= 11 is 1.53. The summed E-state index contributed by atoms with van der Waals surface area (Å²) < 4.78 is 34.2. The molecule has 0 bridgehead atoms. The number of nitrogens with zero attached hydrogens (tertiary/aromatic N) is 1. The summed E-state index contributed by atoms with van der Waals surface area (Å²) in [5.74, 6) is 0.807. The van der Waals surface area contributed by atoms with Gasteiger partial charge in [0, 0.05) is 16.6 Å². The van der Waals surface area contributed by atoms with E-state index in [-0.39, 0.29) is 22.1 Å². The fraction of sp³-hybridized carbons (Fsp3) is 0.0968. The average Bonchev–Trinajstić information content (AvgIpc) is 3.63. The van der Waals surface area contributed by atoms with Crippen molar-refractivity contribution in [2.45, 2.75) is 16.8 Å². The maximum atomic E-state index is 13.0. The minimum Gasteiger partial charge on any atom is -0.467 e. The Hall–Kier alpha value is -4.54. The highest BCUT2D eigenvalue weighted by Crippen LogP contribution is 2.39. The van der Waals surface area contributed by atoms with Gasteiger partial charge in [-0.25, -0.2) is 8.42 Å². The smallest absolute Gasteiger partial charge is 0.261 e. The lowest BCUT2D eigenvalue weighted by atomic mass is 10.1. The standard InChI is InChI=1S/C31H25N3O5S2/c35-29-20-40-31(34(29)19-25-7-4-18-39-25)23-12-10-22(11-13-23)30(36)32-24-14-16-26(17-15-24)41(37,38)33-28-9-3-6-21-5-1-2-8-27(21)28/h1-18,31,33H,19-20H2,(H,32,36)/t31-/m0/s1. The Morgan fingerprint density at radius 2 is 1.66 bits per heavy atom. The molecule has 1 aliphatic rings. The van der Waals surface area contributed by atoms with E-state index in [1.807, 2.05) is 48.5 Å². The number of rotatable bonds is 8. The third-order valence-electron chi connectivity index (χ3n) is 6.79. The van der Waals surface area contributed by atoms with Crippen LogP contribution in [0.4, 0.5) is 11.4 Å². The van der Waals surface area contributed by atoms with Gasteiger partial charge >= 0.3 is 0 Å². The number of hydrogen-bond acceptors (Lipinski definition) is 6. The lowest BCUT2D eigenvalue weighted by Gasteiger charge is -2.23. The first-order valence-electron chi connectivity index (χ1n) is 12.8. The number of carbonyl (C=O) groups is 2. The quantitative estimate of drug-likeness (QED) is 0.223. The van der Waals surface area contributed by atoms with Crippen molar-refractivity contribution in [1.29, 1.82) is 0 Å². The molecule has 1 atom stereocenters. The molecular formula is C31H25N3O5S2. The van der Waals surface area contributed by atoms with Crippen molar-refractivity contribution in [2.24, 2.45) is 0 Å². The second kappa shape index (κ2) is 11.1. The first-order chi connectivity index (χ1) is 19.9. The van der Waals surface area contributed by atoms with Gasteiger partial charge in [0.1, 0.15) is 11.1 Å². The molecule has 0 spiro atoms. The number of thioether (sulfide) groups is 1. The van der Waals surface area contributed by atoms with E-state index in [1.54, 1.807) is 53.6 Å². The lowest BCUT2D eigenvalue weighted by Crippen LogP contribution is -2.27. The van der Waals surface area contributed by atoms with E-state index in [9.17, 15) is 18.0 Å². The van der Waals surface area contributed by atoms with Crippen molar-refractivity contribution in [2.75, 3.05) is 15.8 Å². The van der Waals surface area contributed by atoms with Crippen molar-refractivity contribution >= 4 is 55.7 Å². The predicted molar refractivity (Wildman–Crippen MR) is 160 cm³/mol. The first-order valence-corrected chi connectivity index (χ1v) is 15.4. The van der Waals surface area contributed by atoms with Gasteiger partial charge in [0.25, 0.3) is 15.9 Å². The number of nitrogens with one attached hydrogen (secondary N) is 2. The van der Waals surface area contributed by atoms with Crippen LogP contribution in [-0.2, 0) is 21.4 Å². The highest BCUT2D eigenvalue weighted by Gasteiger charge is 2.33. The Balaban J connectivity index is 1.11. The third-order valence-corrected chi connectivity index (χ3v) is 9.43. The van der Waals surface area contributed by atoms with Crippen LogP contribution in [0.1, 0.15) is 27.1 Å². The van der Waals surface area contributed by atoms with Crippen LogP contribution in [-0.4, -0.2) is 30.9 Å². The average molecular weight is 584 g/mol. The minimum absolute atomic E-state index is 0.0380. The maximum absolute atomic E-state index is 13.0. The van der Waals surface area contributed by atoms with Crippen molar-refractivity contribution < 1.29 is 22.4 Å². The van der Waals surface area contributed by atoms with Crippen LogP contribution < -0.4 is 10.0 Å². The summed E-state index contributed by atoms with van der Waals surface area (Å²) in [6, 6.07) is 29.7. The van der Waals surface area contributed by atoms with Gasteiger partial charge in [-0.2, -0.15) is 0 Å². The van der Waals surface area contributed by atoms with Gasteiger partial charge in [0.05, 0.1) is 29.1 Å². The van der Waals surface area contributed by atoms with E-state index in [2.05, 4.69) is 10.0 Å². The number of anilines is 2. The molecule has 0 radical (unpaired) electrons. The number of fused-ring (bicyclic) bond motifs is 1. The van der Waals surface area contributed by atoms with Crippen LogP contribution in [0.5, 0.6) is 0 Å². The molecule has 0 saturated carbocycles. The van der Waals surface area contributed by atoms with Crippen molar-refractivity contribution in [1.82, 2.24) is 4.90 Å². The van der Waals surface area contributed by atoms with E-state index in [4.69, 9.17) is 4.42 Å². The van der Waals surface area contributed by atoms with Crippen LogP contribution >= 0.6 is 11.8 Å². The van der Waals surface area contributed by atoms with Crippen molar-refractivity contribution in [3.8, 4) is 0 Å². The molecule has 2 amide bonds. The van der Waals surface area contributed by atoms with E-state index in [0.29, 0.717) is 35.0 Å². The van der Waals surface area contributed by atoms with Crippen LogP contribution in [0, 0.1) is 0 Å². The third kappa shape index (κ3) is 5.70. The molecule has 10 heteroatoms. The van der Waals surface area contributed by atoms with E-state index >= 15 is 0 Å². The van der Waals surface area contributed by atoms with Gasteiger partial charge in [0.2, 0.25) is 5.91 Å². The van der Waals surface area contributed by atoms with Gasteiger partial charge in [-0.05, 0) is 65.5 Å². The molecule has 2 N–H and O–H groups in total. The molecular weight excluding hydrogens is 558 g/mol. The van der Waals surface area contributed by atoms with E-state index < -0.39 is 10.0 Å². The summed E-state index contributed by atoms with van der Waals surface area (Å²) in [4.78, 5) is 27.2. The van der Waals surface area contributed by atoms with Gasteiger partial charge in [-0.3, -0.25) is 14.3 Å². The monoisotopic (exact) mass is 583 g/mol. The minimum atomic E-state index is -3.84. The zero-order chi connectivity index (χ0) is 28.4. The highest BCUT2D eigenvalue weighted by atomic mass is 32.2. The Morgan fingerprint density at radius 1 is 0.902 bits per heavy atom.